The first-order valence-electron chi connectivity index (χ1n) is 7.77. The smallest absolute Gasteiger partial charge is 0.221 e. The lowest BCUT2D eigenvalue weighted by atomic mass is 10.4. The molecule has 4 fully saturated rings. The van der Waals surface area contributed by atoms with Gasteiger partial charge in [0.25, 0.3) is 0 Å². The molecule has 0 saturated carbocycles. The van der Waals surface area contributed by atoms with E-state index in [1.165, 1.54) is 0 Å². The second-order valence-electron chi connectivity index (χ2n) is 6.21. The summed E-state index contributed by atoms with van der Waals surface area (Å²) in [6, 6.07) is 0. The second kappa shape index (κ2) is 6.99. The van der Waals surface area contributed by atoms with Crippen molar-refractivity contribution in [3.63, 3.8) is 0 Å². The lowest BCUT2D eigenvalue weighted by molar-refractivity contribution is -0.130. The highest BCUT2D eigenvalue weighted by atomic mass is 16.2. The van der Waals surface area contributed by atoms with E-state index in [-0.39, 0.29) is 5.91 Å². The first-order valence-corrected chi connectivity index (χ1v) is 7.77. The Kier molecular flexibility index (Phi) is 5.04. The molecule has 0 aromatic carbocycles. The Bertz CT molecular complexity index is 328. The van der Waals surface area contributed by atoms with E-state index in [1.54, 1.807) is 6.92 Å². The average Bonchev–Trinajstić information content (AvgIpc) is 2.43. The lowest BCUT2D eigenvalue weighted by Crippen LogP contribution is -2.65. The van der Waals surface area contributed by atoms with Gasteiger partial charge in [-0.1, -0.05) is 0 Å². The van der Waals surface area contributed by atoms with Crippen molar-refractivity contribution in [3.8, 4) is 0 Å². The molecule has 2 N–H and O–H groups in total. The van der Waals surface area contributed by atoms with Gasteiger partial charge in [-0.3, -0.25) is 35.0 Å². The summed E-state index contributed by atoms with van der Waals surface area (Å²) < 4.78 is 0. The summed E-state index contributed by atoms with van der Waals surface area (Å²) in [5, 5.41) is 6.76. The maximum absolute atomic E-state index is 11.6. The molecule has 0 atom stereocenters. The molecule has 21 heavy (non-hydrogen) atoms. The summed E-state index contributed by atoms with van der Waals surface area (Å²) in [4.78, 5) is 23.3. The molecule has 0 unspecified atom stereocenters. The average molecular weight is 297 g/mol. The number of hydrogen-bond donors (Lipinski definition) is 2. The predicted molar refractivity (Wildman–Crippen MR) is 79.7 cm³/mol. The summed E-state index contributed by atoms with van der Waals surface area (Å²) >= 11 is 0. The van der Waals surface area contributed by atoms with E-state index < -0.39 is 0 Å². The van der Waals surface area contributed by atoms with E-state index in [0.29, 0.717) is 13.3 Å². The molecular weight excluding hydrogens is 270 g/mol. The standard InChI is InChI=1S/C13H27N7O/c1-13(21)20-6-14-2-4-16-8-18-10-17(5-3-15-7-20)11-19(9-16)12-18/h14-15H,2-12H2,1H3. The Labute approximate surface area is 126 Å². The third-order valence-corrected chi connectivity index (χ3v) is 4.26. The van der Waals surface area contributed by atoms with Crippen molar-refractivity contribution < 1.29 is 4.79 Å². The zero-order valence-corrected chi connectivity index (χ0v) is 12.9. The molecule has 0 radical (unpaired) electrons. The Morgan fingerprint density at radius 2 is 1.19 bits per heavy atom. The van der Waals surface area contributed by atoms with Gasteiger partial charge in [-0.05, 0) is 0 Å². The molecule has 4 heterocycles. The van der Waals surface area contributed by atoms with Crippen molar-refractivity contribution >= 4 is 5.91 Å². The minimum Gasteiger partial charge on any atom is -0.317 e. The number of carbonyl (C=O) groups excluding carboxylic acids is 1. The van der Waals surface area contributed by atoms with Gasteiger partial charge in [-0.2, -0.15) is 0 Å². The fourth-order valence-electron chi connectivity index (χ4n) is 3.24. The zero-order valence-electron chi connectivity index (χ0n) is 12.9. The molecule has 8 heteroatoms. The Morgan fingerprint density at radius 1 is 0.762 bits per heavy atom. The van der Waals surface area contributed by atoms with Crippen LogP contribution in [0.25, 0.3) is 0 Å². The summed E-state index contributed by atoms with van der Waals surface area (Å²) in [5.41, 5.74) is 0. The minimum absolute atomic E-state index is 0.112. The topological polar surface area (TPSA) is 57.3 Å². The van der Waals surface area contributed by atoms with Gasteiger partial charge in [0.1, 0.15) is 0 Å². The molecule has 4 rings (SSSR count). The van der Waals surface area contributed by atoms with Crippen molar-refractivity contribution in [2.24, 2.45) is 0 Å². The number of hydrogen-bond acceptors (Lipinski definition) is 7. The number of amides is 1. The van der Waals surface area contributed by atoms with Gasteiger partial charge in [0.15, 0.2) is 0 Å². The highest BCUT2D eigenvalue weighted by molar-refractivity contribution is 5.73. The van der Waals surface area contributed by atoms with Gasteiger partial charge < -0.3 is 4.90 Å². The maximum atomic E-state index is 11.6. The number of fused-ring (bicyclic) bond motifs is 8. The van der Waals surface area contributed by atoms with Gasteiger partial charge in [-0.15, -0.1) is 0 Å². The van der Waals surface area contributed by atoms with Crippen molar-refractivity contribution in [2.75, 3.05) is 72.9 Å². The van der Waals surface area contributed by atoms with E-state index in [2.05, 4.69) is 30.2 Å². The largest absolute Gasteiger partial charge is 0.317 e. The quantitative estimate of drug-likeness (QED) is 0.534. The van der Waals surface area contributed by atoms with E-state index in [1.807, 2.05) is 4.90 Å². The highest BCUT2D eigenvalue weighted by Gasteiger charge is 2.29. The molecule has 1 amide bonds. The molecule has 8 nitrogen and oxygen atoms in total. The maximum Gasteiger partial charge on any atom is 0.221 e. The number of carbonyl (C=O) groups is 1. The molecule has 4 aliphatic rings. The number of nitrogens with zero attached hydrogens (tertiary/aromatic N) is 5. The molecule has 0 aromatic heterocycles. The summed E-state index contributed by atoms with van der Waals surface area (Å²) in [6.07, 6.45) is 0. The zero-order chi connectivity index (χ0) is 14.7. The molecule has 0 aromatic rings. The summed E-state index contributed by atoms with van der Waals surface area (Å²) in [6.45, 7) is 12.0. The first kappa shape index (κ1) is 15.1. The van der Waals surface area contributed by atoms with Crippen LogP contribution in [-0.2, 0) is 4.79 Å². The van der Waals surface area contributed by atoms with Crippen LogP contribution in [0.1, 0.15) is 6.92 Å². The third-order valence-electron chi connectivity index (χ3n) is 4.26. The second-order valence-corrected chi connectivity index (χ2v) is 6.21. The van der Waals surface area contributed by atoms with Crippen LogP contribution in [0.2, 0.25) is 0 Å². The Hall–Kier alpha value is -0.770. The minimum atomic E-state index is 0.112. The molecule has 4 aliphatic heterocycles. The summed E-state index contributed by atoms with van der Waals surface area (Å²) in [7, 11) is 0. The molecule has 0 aliphatic carbocycles. The molecule has 0 spiro atoms. The monoisotopic (exact) mass is 297 g/mol. The van der Waals surface area contributed by atoms with Crippen molar-refractivity contribution in [1.29, 1.82) is 0 Å². The van der Waals surface area contributed by atoms with Crippen LogP contribution in [0.5, 0.6) is 0 Å². The van der Waals surface area contributed by atoms with Crippen LogP contribution in [-0.4, -0.2) is 103 Å². The predicted octanol–water partition coefficient (Wildman–Crippen LogP) is -2.03. The molecular formula is C13H27N7O. The van der Waals surface area contributed by atoms with E-state index >= 15 is 0 Å². The van der Waals surface area contributed by atoms with E-state index in [0.717, 1.165) is 59.5 Å². The van der Waals surface area contributed by atoms with Gasteiger partial charge >= 0.3 is 0 Å². The third kappa shape index (κ3) is 4.12. The lowest BCUT2D eigenvalue weighted by Gasteiger charge is -2.49. The first-order chi connectivity index (χ1) is 10.2. The van der Waals surface area contributed by atoms with Gasteiger partial charge in [0, 0.05) is 33.1 Å². The van der Waals surface area contributed by atoms with Gasteiger partial charge in [-0.25, -0.2) is 0 Å². The van der Waals surface area contributed by atoms with Crippen molar-refractivity contribution in [2.45, 2.75) is 6.92 Å². The Morgan fingerprint density at radius 3 is 1.62 bits per heavy atom. The van der Waals surface area contributed by atoms with Crippen molar-refractivity contribution in [3.05, 3.63) is 0 Å². The highest BCUT2D eigenvalue weighted by Crippen LogP contribution is 2.13. The van der Waals surface area contributed by atoms with Crippen LogP contribution in [0.3, 0.4) is 0 Å². The Balaban J connectivity index is 1.59. The van der Waals surface area contributed by atoms with E-state index in [9.17, 15) is 4.79 Å². The normalized spacial score (nSPS) is 38.2. The fraction of sp³-hybridized carbons (Fsp3) is 0.923. The van der Waals surface area contributed by atoms with Gasteiger partial charge in [0.2, 0.25) is 5.91 Å². The van der Waals surface area contributed by atoms with E-state index in [4.69, 9.17) is 0 Å². The molecule has 120 valence electrons. The number of nitrogens with one attached hydrogen (secondary N) is 2. The van der Waals surface area contributed by atoms with Crippen LogP contribution < -0.4 is 10.6 Å². The van der Waals surface area contributed by atoms with Crippen LogP contribution in [0.4, 0.5) is 0 Å². The molecule has 4 saturated heterocycles. The van der Waals surface area contributed by atoms with Crippen molar-refractivity contribution in [1.82, 2.24) is 35.1 Å². The number of rotatable bonds is 0. The van der Waals surface area contributed by atoms with Gasteiger partial charge in [0.05, 0.1) is 46.7 Å². The van der Waals surface area contributed by atoms with Crippen LogP contribution in [0, 0.1) is 0 Å². The van der Waals surface area contributed by atoms with Crippen LogP contribution in [0.15, 0.2) is 0 Å². The summed E-state index contributed by atoms with van der Waals surface area (Å²) in [5.74, 6) is 0.112. The fourth-order valence-corrected chi connectivity index (χ4v) is 3.24. The van der Waals surface area contributed by atoms with Crippen LogP contribution >= 0.6 is 0 Å². The SMILES string of the molecule is CC(=O)N1CNCCN2CN3CN(CCNC1)CN(C2)C3. The molecule has 4 bridgehead atoms.